The van der Waals surface area contributed by atoms with E-state index < -0.39 is 35.4 Å². The Morgan fingerprint density at radius 1 is 0.412 bits per heavy atom. The molecule has 0 aromatic heterocycles. The Balaban J connectivity index is 2.71. The molecule has 1 aliphatic heterocycles. The van der Waals surface area contributed by atoms with Gasteiger partial charge < -0.3 is 0 Å². The summed E-state index contributed by atoms with van der Waals surface area (Å²) in [5.74, 6) is -37.4. The highest BCUT2D eigenvalue weighted by molar-refractivity contribution is 5.31. The number of alkyl halides is 10. The van der Waals surface area contributed by atoms with Crippen LogP contribution >= 0.6 is 0 Å². The van der Waals surface area contributed by atoms with E-state index in [-0.39, 0.29) is 0 Å². The van der Waals surface area contributed by atoms with Crippen LogP contribution in [0.25, 0.3) is 0 Å². The van der Waals surface area contributed by atoms with Gasteiger partial charge in [-0.3, -0.25) is 4.74 Å². The topological polar surface area (TPSA) is 12.5 Å². The summed E-state index contributed by atoms with van der Waals surface area (Å²) in [6.45, 7) is 0. The highest BCUT2D eigenvalue weighted by atomic mass is 19.4. The molecule has 0 amide bonds. The van der Waals surface area contributed by atoms with E-state index in [0.717, 1.165) is 0 Å². The van der Waals surface area contributed by atoms with Crippen LogP contribution in [0.15, 0.2) is 0 Å². The number of hydrogen-bond donors (Lipinski definition) is 0. The Morgan fingerprint density at radius 3 is 0.882 bits per heavy atom. The predicted octanol–water partition coefficient (Wildman–Crippen LogP) is 2.90. The number of halogens is 10. The summed E-state index contributed by atoms with van der Waals surface area (Å²) in [5, 5.41) is 0. The summed E-state index contributed by atoms with van der Waals surface area (Å²) in [7, 11) is 0. The second kappa shape index (κ2) is 2.36. The van der Waals surface area contributed by atoms with E-state index in [9.17, 15) is 43.9 Å². The minimum Gasteiger partial charge on any atom is -0.289 e. The van der Waals surface area contributed by atoms with Crippen LogP contribution < -0.4 is 0 Å². The molecular formula is C6F10O. The summed E-state index contributed by atoms with van der Waals surface area (Å²) in [4.78, 5) is 0. The van der Waals surface area contributed by atoms with Crippen molar-refractivity contribution < 1.29 is 48.6 Å². The molecule has 2 fully saturated rings. The van der Waals surface area contributed by atoms with Crippen LogP contribution in [0.2, 0.25) is 0 Å². The van der Waals surface area contributed by atoms with E-state index in [1.807, 2.05) is 0 Å². The zero-order chi connectivity index (χ0) is 13.7. The van der Waals surface area contributed by atoms with Crippen LogP contribution in [-0.4, -0.2) is 35.4 Å². The van der Waals surface area contributed by atoms with Crippen LogP contribution in [0.5, 0.6) is 0 Å². The maximum absolute atomic E-state index is 12.8. The van der Waals surface area contributed by atoms with Gasteiger partial charge >= 0.3 is 35.4 Å². The second-order valence-electron chi connectivity index (χ2n) is 3.59. The summed E-state index contributed by atoms with van der Waals surface area (Å²) < 4.78 is 128. The molecule has 17 heavy (non-hydrogen) atoms. The minimum atomic E-state index is -6.80. The summed E-state index contributed by atoms with van der Waals surface area (Å²) in [6.07, 6.45) is 0. The van der Waals surface area contributed by atoms with Crippen molar-refractivity contribution >= 4 is 0 Å². The molecule has 2 atom stereocenters. The molecule has 2 aliphatic rings. The van der Waals surface area contributed by atoms with Crippen LogP contribution in [0.1, 0.15) is 0 Å². The van der Waals surface area contributed by atoms with E-state index in [1.54, 1.807) is 0 Å². The van der Waals surface area contributed by atoms with Gasteiger partial charge in [0.15, 0.2) is 0 Å². The monoisotopic (exact) mass is 278 g/mol. The van der Waals surface area contributed by atoms with Gasteiger partial charge in [-0.25, -0.2) is 0 Å². The highest BCUT2D eigenvalue weighted by Crippen LogP contribution is 2.77. The Kier molecular flexibility index (Phi) is 1.76. The first-order valence-corrected chi connectivity index (χ1v) is 3.80. The van der Waals surface area contributed by atoms with Crippen molar-refractivity contribution in [1.82, 2.24) is 0 Å². The first-order valence-electron chi connectivity index (χ1n) is 3.80. The van der Waals surface area contributed by atoms with E-state index in [1.165, 1.54) is 0 Å². The van der Waals surface area contributed by atoms with Crippen molar-refractivity contribution in [2.24, 2.45) is 0 Å². The molecule has 100 valence electrons. The quantitative estimate of drug-likeness (QED) is 0.490. The molecule has 0 aromatic carbocycles. The molecule has 11 heteroatoms. The Labute approximate surface area is 85.3 Å². The van der Waals surface area contributed by atoms with Crippen LogP contribution in [0, 0.1) is 0 Å². The van der Waals surface area contributed by atoms with Crippen molar-refractivity contribution in [1.29, 1.82) is 0 Å². The lowest BCUT2D eigenvalue weighted by atomic mass is 9.83. The molecule has 0 unspecified atom stereocenters. The van der Waals surface area contributed by atoms with Gasteiger partial charge in [-0.2, -0.15) is 43.9 Å². The Hall–Kier alpha value is -0.740. The molecule has 0 N–H and O–H groups in total. The van der Waals surface area contributed by atoms with Crippen LogP contribution in [0.4, 0.5) is 43.9 Å². The maximum atomic E-state index is 12.8. The fourth-order valence-electron chi connectivity index (χ4n) is 1.50. The maximum Gasteiger partial charge on any atom is 0.384 e. The van der Waals surface area contributed by atoms with Gasteiger partial charge in [0, 0.05) is 0 Å². The number of ether oxygens (including phenoxy) is 1. The minimum absolute atomic E-state index is 2.56. The molecule has 1 saturated heterocycles. The van der Waals surface area contributed by atoms with Gasteiger partial charge in [0.25, 0.3) is 0 Å². The molecule has 1 heterocycles. The fourth-order valence-corrected chi connectivity index (χ4v) is 1.50. The second-order valence-corrected chi connectivity index (χ2v) is 3.59. The lowest BCUT2D eigenvalue weighted by Gasteiger charge is -2.41. The van der Waals surface area contributed by atoms with E-state index in [2.05, 4.69) is 4.74 Å². The molecular weight excluding hydrogens is 278 g/mol. The predicted molar refractivity (Wildman–Crippen MR) is 28.6 cm³/mol. The summed E-state index contributed by atoms with van der Waals surface area (Å²) in [5.41, 5.74) is 0. The van der Waals surface area contributed by atoms with Gasteiger partial charge in [-0.05, 0) is 0 Å². The third-order valence-corrected chi connectivity index (χ3v) is 2.64. The van der Waals surface area contributed by atoms with Crippen molar-refractivity contribution in [2.75, 3.05) is 0 Å². The number of rotatable bonds is 0. The SMILES string of the molecule is FC1(F)C(F)(F)C(F)(F)[C@]2(F)O[C@@]2(F)C1(F)F. The van der Waals surface area contributed by atoms with Crippen molar-refractivity contribution in [3.63, 3.8) is 0 Å². The normalized spacial score (nSPS) is 48.4. The van der Waals surface area contributed by atoms with Gasteiger partial charge in [0.1, 0.15) is 0 Å². The molecule has 1 aliphatic carbocycles. The smallest absolute Gasteiger partial charge is 0.289 e. The number of hydrogen-bond acceptors (Lipinski definition) is 1. The van der Waals surface area contributed by atoms with Crippen molar-refractivity contribution in [3.05, 3.63) is 0 Å². The van der Waals surface area contributed by atoms with Gasteiger partial charge in [0.05, 0.1) is 0 Å². The number of epoxide rings is 1. The largest absolute Gasteiger partial charge is 0.384 e. The molecule has 1 saturated carbocycles. The zero-order valence-corrected chi connectivity index (χ0v) is 7.19. The standard InChI is InChI=1S/C6F10O/c7-1(8)2(9,10)4(13,14)6(16)5(15,17-6)3(1,11)12/t5-,6-/m0/s1. The lowest BCUT2D eigenvalue weighted by Crippen LogP contribution is -2.75. The van der Waals surface area contributed by atoms with E-state index >= 15 is 0 Å². The van der Waals surface area contributed by atoms with Gasteiger partial charge in [0.2, 0.25) is 0 Å². The van der Waals surface area contributed by atoms with Crippen LogP contribution in [-0.2, 0) is 4.74 Å². The van der Waals surface area contributed by atoms with E-state index in [0.29, 0.717) is 0 Å². The molecule has 1 nitrogen and oxygen atoms in total. The summed E-state index contributed by atoms with van der Waals surface area (Å²) >= 11 is 0. The first kappa shape index (κ1) is 12.7. The average Bonchev–Trinajstić information content (AvgIpc) is 2.71. The highest BCUT2D eigenvalue weighted by Gasteiger charge is 3.10. The van der Waals surface area contributed by atoms with Crippen LogP contribution in [0.3, 0.4) is 0 Å². The molecule has 0 spiro atoms. The average molecular weight is 278 g/mol. The lowest BCUT2D eigenvalue weighted by molar-refractivity contribution is -0.421. The third-order valence-electron chi connectivity index (χ3n) is 2.64. The summed E-state index contributed by atoms with van der Waals surface area (Å²) in [6, 6.07) is 0. The Bertz CT molecular complexity index is 354. The number of fused-ring (bicyclic) bond motifs is 1. The van der Waals surface area contributed by atoms with Crippen molar-refractivity contribution in [2.45, 2.75) is 35.4 Å². The van der Waals surface area contributed by atoms with E-state index in [4.69, 9.17) is 0 Å². The third kappa shape index (κ3) is 0.818. The zero-order valence-electron chi connectivity index (χ0n) is 7.19. The van der Waals surface area contributed by atoms with Crippen molar-refractivity contribution in [3.8, 4) is 0 Å². The fraction of sp³-hybridized carbons (Fsp3) is 1.00. The molecule has 0 radical (unpaired) electrons. The molecule has 0 aromatic rings. The molecule has 0 bridgehead atoms. The first-order chi connectivity index (χ1) is 7.21. The molecule has 2 rings (SSSR count). The van der Waals surface area contributed by atoms with Gasteiger partial charge in [-0.1, -0.05) is 0 Å². The van der Waals surface area contributed by atoms with Gasteiger partial charge in [-0.15, -0.1) is 0 Å². The Morgan fingerprint density at radius 2 is 0.647 bits per heavy atom.